The Morgan fingerprint density at radius 2 is 1.89 bits per heavy atom. The second-order valence-corrected chi connectivity index (χ2v) is 9.71. The maximum Gasteiger partial charge on any atom is 0.253 e. The minimum absolute atomic E-state index is 0.139. The maximum absolute atomic E-state index is 12.7. The number of nitrogens with one attached hydrogen (secondary N) is 2. The number of hydrogen-bond donors (Lipinski definition) is 2. The molecular weight excluding hydrogens is 517 g/mol. The standard InChI is InChI=1S/C26H23Cl2N5O2S/c1-3-13-33-24(16(2)29-25(35)20-12-11-18(27)14-21(20)28)31-32-26(33)36-15-23(34)30-22-10-6-8-17-7-4-5-9-19(17)22/h3-12,14,16H,1,13,15H2,2H3,(H,29,35)(H,30,34). The molecule has 0 spiro atoms. The van der Waals surface area contributed by atoms with Crippen molar-refractivity contribution in [2.75, 3.05) is 11.1 Å². The lowest BCUT2D eigenvalue weighted by Gasteiger charge is -2.16. The van der Waals surface area contributed by atoms with Crippen molar-refractivity contribution in [1.29, 1.82) is 0 Å². The topological polar surface area (TPSA) is 88.9 Å². The average Bonchev–Trinajstić information content (AvgIpc) is 3.26. The van der Waals surface area contributed by atoms with Gasteiger partial charge in [0.15, 0.2) is 11.0 Å². The number of rotatable bonds is 9. The number of carbonyl (C=O) groups excluding carboxylic acids is 2. The fraction of sp³-hybridized carbons (Fsp3) is 0.154. The van der Waals surface area contributed by atoms with Gasteiger partial charge in [0, 0.05) is 22.6 Å². The van der Waals surface area contributed by atoms with Crippen molar-refractivity contribution in [2.45, 2.75) is 24.7 Å². The van der Waals surface area contributed by atoms with E-state index in [4.69, 9.17) is 23.2 Å². The Kier molecular flexibility index (Phi) is 8.30. The zero-order valence-electron chi connectivity index (χ0n) is 19.4. The molecule has 1 aromatic heterocycles. The van der Waals surface area contributed by atoms with E-state index in [1.54, 1.807) is 25.1 Å². The van der Waals surface area contributed by atoms with Crippen LogP contribution in [0.25, 0.3) is 10.8 Å². The van der Waals surface area contributed by atoms with Crippen LogP contribution in [0, 0.1) is 0 Å². The fourth-order valence-electron chi connectivity index (χ4n) is 3.69. The van der Waals surface area contributed by atoms with E-state index in [1.807, 2.05) is 47.0 Å². The first kappa shape index (κ1) is 25.8. The van der Waals surface area contributed by atoms with Crippen molar-refractivity contribution in [1.82, 2.24) is 20.1 Å². The molecule has 0 fully saturated rings. The van der Waals surface area contributed by atoms with Gasteiger partial charge in [-0.3, -0.25) is 9.59 Å². The van der Waals surface area contributed by atoms with Crippen molar-refractivity contribution in [3.63, 3.8) is 0 Å². The third-order valence-corrected chi connectivity index (χ3v) is 6.88. The average molecular weight is 540 g/mol. The van der Waals surface area contributed by atoms with E-state index in [0.29, 0.717) is 28.1 Å². The van der Waals surface area contributed by atoms with Crippen LogP contribution in [-0.4, -0.2) is 32.3 Å². The predicted octanol–water partition coefficient (Wildman–Crippen LogP) is 6.15. The summed E-state index contributed by atoms with van der Waals surface area (Å²) in [5.74, 6) is 0.149. The SMILES string of the molecule is C=CCn1c(SCC(=O)Nc2cccc3ccccc23)nnc1C(C)NC(=O)c1ccc(Cl)cc1Cl. The molecule has 36 heavy (non-hydrogen) atoms. The molecule has 3 aromatic carbocycles. The lowest BCUT2D eigenvalue weighted by Crippen LogP contribution is -2.29. The number of fused-ring (bicyclic) bond motifs is 1. The highest BCUT2D eigenvalue weighted by Crippen LogP contribution is 2.26. The van der Waals surface area contributed by atoms with Gasteiger partial charge in [0.25, 0.3) is 5.91 Å². The fourth-order valence-corrected chi connectivity index (χ4v) is 4.94. The molecule has 4 aromatic rings. The van der Waals surface area contributed by atoms with E-state index in [-0.39, 0.29) is 22.6 Å². The van der Waals surface area contributed by atoms with Crippen LogP contribution in [0.3, 0.4) is 0 Å². The minimum Gasteiger partial charge on any atom is -0.342 e. The number of carbonyl (C=O) groups is 2. The molecule has 0 bridgehead atoms. The monoisotopic (exact) mass is 539 g/mol. The summed E-state index contributed by atoms with van der Waals surface area (Å²) >= 11 is 13.4. The lowest BCUT2D eigenvalue weighted by atomic mass is 10.1. The van der Waals surface area contributed by atoms with Crippen LogP contribution in [-0.2, 0) is 11.3 Å². The quantitative estimate of drug-likeness (QED) is 0.197. The Labute approximate surface area is 222 Å². The van der Waals surface area contributed by atoms with Crippen LogP contribution in [0.1, 0.15) is 29.1 Å². The van der Waals surface area contributed by atoms with Crippen LogP contribution >= 0.6 is 35.0 Å². The highest BCUT2D eigenvalue weighted by molar-refractivity contribution is 7.99. The third kappa shape index (κ3) is 5.90. The van der Waals surface area contributed by atoms with Gasteiger partial charge in [-0.05, 0) is 36.6 Å². The number of allylic oxidation sites excluding steroid dienone is 1. The first-order chi connectivity index (χ1) is 17.4. The zero-order chi connectivity index (χ0) is 25.7. The summed E-state index contributed by atoms with van der Waals surface area (Å²) in [6.07, 6.45) is 1.71. The van der Waals surface area contributed by atoms with Gasteiger partial charge in [-0.15, -0.1) is 16.8 Å². The Morgan fingerprint density at radius 3 is 2.67 bits per heavy atom. The number of benzene rings is 3. The molecule has 184 valence electrons. The van der Waals surface area contributed by atoms with Crippen LogP contribution in [0.5, 0.6) is 0 Å². The zero-order valence-corrected chi connectivity index (χ0v) is 21.7. The predicted molar refractivity (Wildman–Crippen MR) is 146 cm³/mol. The molecule has 0 saturated heterocycles. The van der Waals surface area contributed by atoms with E-state index >= 15 is 0 Å². The second kappa shape index (κ2) is 11.6. The molecule has 0 saturated carbocycles. The highest BCUT2D eigenvalue weighted by Gasteiger charge is 2.21. The van der Waals surface area contributed by atoms with E-state index < -0.39 is 6.04 Å². The molecule has 0 aliphatic carbocycles. The van der Waals surface area contributed by atoms with E-state index in [0.717, 1.165) is 16.5 Å². The van der Waals surface area contributed by atoms with Crippen molar-refractivity contribution >= 4 is 63.2 Å². The molecule has 1 unspecified atom stereocenters. The van der Waals surface area contributed by atoms with E-state index in [9.17, 15) is 9.59 Å². The first-order valence-electron chi connectivity index (χ1n) is 11.1. The van der Waals surface area contributed by atoms with E-state index in [2.05, 4.69) is 27.4 Å². The number of aromatic nitrogens is 3. The van der Waals surface area contributed by atoms with Gasteiger partial charge < -0.3 is 15.2 Å². The van der Waals surface area contributed by atoms with Gasteiger partial charge in [0.05, 0.1) is 22.4 Å². The summed E-state index contributed by atoms with van der Waals surface area (Å²) in [4.78, 5) is 25.5. The van der Waals surface area contributed by atoms with Crippen molar-refractivity contribution in [3.05, 3.63) is 94.8 Å². The van der Waals surface area contributed by atoms with E-state index in [1.165, 1.54) is 17.8 Å². The normalized spacial score (nSPS) is 11.8. The Hall–Kier alpha value is -3.33. The molecule has 10 heteroatoms. The molecule has 2 amide bonds. The molecule has 0 radical (unpaired) electrons. The number of amides is 2. The molecule has 4 rings (SSSR count). The third-order valence-electron chi connectivity index (χ3n) is 5.36. The number of thioether (sulfide) groups is 1. The summed E-state index contributed by atoms with van der Waals surface area (Å²) in [6.45, 7) is 6.02. The Bertz CT molecular complexity index is 1430. The largest absolute Gasteiger partial charge is 0.342 e. The summed E-state index contributed by atoms with van der Waals surface area (Å²) < 4.78 is 1.82. The smallest absolute Gasteiger partial charge is 0.253 e. The maximum atomic E-state index is 12.7. The second-order valence-electron chi connectivity index (χ2n) is 7.92. The summed E-state index contributed by atoms with van der Waals surface area (Å²) in [5.41, 5.74) is 1.06. The van der Waals surface area contributed by atoms with Crippen molar-refractivity contribution in [3.8, 4) is 0 Å². The number of hydrogen-bond acceptors (Lipinski definition) is 5. The van der Waals surface area contributed by atoms with Gasteiger partial charge in [0.2, 0.25) is 5.91 Å². The molecule has 1 atom stereocenters. The molecular formula is C26H23Cl2N5O2S. The van der Waals surface area contributed by atoms with Gasteiger partial charge >= 0.3 is 0 Å². The molecule has 0 aliphatic rings. The van der Waals surface area contributed by atoms with Gasteiger partial charge in [-0.25, -0.2) is 0 Å². The first-order valence-corrected chi connectivity index (χ1v) is 12.8. The molecule has 1 heterocycles. The molecule has 2 N–H and O–H groups in total. The van der Waals surface area contributed by atoms with Gasteiger partial charge in [0.1, 0.15) is 0 Å². The van der Waals surface area contributed by atoms with Gasteiger partial charge in [-0.2, -0.15) is 0 Å². The molecule has 0 aliphatic heterocycles. The van der Waals surface area contributed by atoms with Crippen molar-refractivity contribution in [2.24, 2.45) is 0 Å². The number of anilines is 1. The van der Waals surface area contributed by atoms with Crippen LogP contribution in [0.2, 0.25) is 10.0 Å². The Morgan fingerprint density at radius 1 is 1.11 bits per heavy atom. The Balaban J connectivity index is 1.44. The minimum atomic E-state index is -0.476. The summed E-state index contributed by atoms with van der Waals surface area (Å²) in [6, 6.07) is 17.9. The number of halogens is 2. The lowest BCUT2D eigenvalue weighted by molar-refractivity contribution is -0.113. The van der Waals surface area contributed by atoms with Gasteiger partial charge in [-0.1, -0.05) is 77.4 Å². The highest BCUT2D eigenvalue weighted by atomic mass is 35.5. The van der Waals surface area contributed by atoms with Crippen molar-refractivity contribution < 1.29 is 9.59 Å². The summed E-state index contributed by atoms with van der Waals surface area (Å²) in [7, 11) is 0. The van der Waals surface area contributed by atoms with Crippen LogP contribution < -0.4 is 10.6 Å². The summed E-state index contributed by atoms with van der Waals surface area (Å²) in [5, 5.41) is 17.6. The number of nitrogens with zero attached hydrogens (tertiary/aromatic N) is 3. The van der Waals surface area contributed by atoms with Crippen LogP contribution in [0.15, 0.2) is 78.5 Å². The van der Waals surface area contributed by atoms with Crippen LogP contribution in [0.4, 0.5) is 5.69 Å². The molecule has 7 nitrogen and oxygen atoms in total.